The molecule has 2 heterocycles. The fraction of sp³-hybridized carbons (Fsp3) is 0.276. The zero-order valence-corrected chi connectivity index (χ0v) is 21.4. The quantitative estimate of drug-likeness (QED) is 0.383. The molecule has 8 heteroatoms. The summed E-state index contributed by atoms with van der Waals surface area (Å²) in [5.74, 6) is 2.80. The number of aromatic nitrogens is 2. The molecule has 0 aliphatic carbocycles. The van der Waals surface area contributed by atoms with Crippen LogP contribution in [0.1, 0.15) is 23.0 Å². The molecule has 1 aliphatic rings. The Morgan fingerprint density at radius 2 is 1.73 bits per heavy atom. The molecule has 0 saturated carbocycles. The summed E-state index contributed by atoms with van der Waals surface area (Å²) >= 11 is 0. The van der Waals surface area contributed by atoms with E-state index in [4.69, 9.17) is 14.5 Å². The predicted molar refractivity (Wildman–Crippen MR) is 146 cm³/mol. The van der Waals surface area contributed by atoms with Crippen LogP contribution in [0.5, 0.6) is 11.5 Å². The number of ether oxygens (including phenoxy) is 2. The number of carbonyl (C=O) groups excluding carboxylic acids is 1. The number of aryl methyl sites for hydroxylation is 1. The van der Waals surface area contributed by atoms with Crippen molar-refractivity contribution in [1.29, 1.82) is 0 Å². The first-order valence-corrected chi connectivity index (χ1v) is 12.5. The Kier molecular flexibility index (Phi) is 7.07. The smallest absolute Gasteiger partial charge is 0.258 e. The minimum absolute atomic E-state index is 0.00748. The first-order valence-electron chi connectivity index (χ1n) is 12.5. The van der Waals surface area contributed by atoms with Crippen LogP contribution < -0.4 is 19.7 Å². The van der Waals surface area contributed by atoms with E-state index >= 15 is 0 Å². The van der Waals surface area contributed by atoms with E-state index in [1.165, 1.54) is 0 Å². The molecule has 3 aromatic carbocycles. The van der Waals surface area contributed by atoms with E-state index in [0.29, 0.717) is 50.0 Å². The van der Waals surface area contributed by atoms with Crippen molar-refractivity contribution in [3.63, 3.8) is 0 Å². The number of hydrogen-bond acceptors (Lipinski definition) is 7. The van der Waals surface area contributed by atoms with Crippen molar-refractivity contribution in [3.05, 3.63) is 78.0 Å². The van der Waals surface area contributed by atoms with Gasteiger partial charge in [-0.15, -0.1) is 0 Å². The van der Waals surface area contributed by atoms with Gasteiger partial charge in [-0.2, -0.15) is 4.98 Å². The van der Waals surface area contributed by atoms with Gasteiger partial charge in [0.05, 0.1) is 19.3 Å². The molecule has 1 N–H and O–H groups in total. The van der Waals surface area contributed by atoms with Crippen molar-refractivity contribution in [2.75, 3.05) is 50.1 Å². The van der Waals surface area contributed by atoms with Gasteiger partial charge in [0, 0.05) is 43.6 Å². The van der Waals surface area contributed by atoms with Gasteiger partial charge in [0.2, 0.25) is 5.95 Å². The Hall–Kier alpha value is -4.33. The Labute approximate surface area is 216 Å². The summed E-state index contributed by atoms with van der Waals surface area (Å²) in [6.07, 6.45) is 0. The van der Waals surface area contributed by atoms with Crippen molar-refractivity contribution in [3.8, 4) is 11.5 Å². The summed E-state index contributed by atoms with van der Waals surface area (Å²) in [6.45, 7) is 6.84. The lowest BCUT2D eigenvalue weighted by molar-refractivity contribution is 0.0744. The van der Waals surface area contributed by atoms with E-state index in [9.17, 15) is 4.79 Å². The average Bonchev–Trinajstić information content (AvgIpc) is 2.93. The van der Waals surface area contributed by atoms with Crippen LogP contribution in [-0.4, -0.2) is 60.7 Å². The number of anilines is 3. The SMILES string of the molecule is CCOc1ccc2ccccc2c1C(=O)N1CCN(c2nc(C)cc(Nc3ccc(OC)cc3)n2)CC1. The van der Waals surface area contributed by atoms with E-state index in [0.717, 1.165) is 33.7 Å². The van der Waals surface area contributed by atoms with Gasteiger partial charge in [-0.1, -0.05) is 30.3 Å². The van der Waals surface area contributed by atoms with Crippen molar-refractivity contribution >= 4 is 34.1 Å². The van der Waals surface area contributed by atoms with E-state index in [2.05, 4.69) is 15.2 Å². The third kappa shape index (κ3) is 5.28. The van der Waals surface area contributed by atoms with Crippen molar-refractivity contribution < 1.29 is 14.3 Å². The van der Waals surface area contributed by atoms with Crippen LogP contribution in [0.15, 0.2) is 66.7 Å². The van der Waals surface area contributed by atoms with Crippen LogP contribution >= 0.6 is 0 Å². The molecule has 1 fully saturated rings. The Morgan fingerprint density at radius 1 is 0.973 bits per heavy atom. The van der Waals surface area contributed by atoms with Crippen LogP contribution in [0.2, 0.25) is 0 Å². The molecule has 1 aliphatic heterocycles. The maximum atomic E-state index is 13.7. The van der Waals surface area contributed by atoms with Crippen LogP contribution in [0.25, 0.3) is 10.8 Å². The average molecular weight is 498 g/mol. The molecule has 1 aromatic heterocycles. The molecule has 0 atom stereocenters. The van der Waals surface area contributed by atoms with Crippen LogP contribution in [0.4, 0.5) is 17.5 Å². The van der Waals surface area contributed by atoms with E-state index in [-0.39, 0.29) is 5.91 Å². The fourth-order valence-electron chi connectivity index (χ4n) is 4.60. The summed E-state index contributed by atoms with van der Waals surface area (Å²) < 4.78 is 11.1. The van der Waals surface area contributed by atoms with Gasteiger partial charge in [0.25, 0.3) is 5.91 Å². The second kappa shape index (κ2) is 10.7. The molecule has 1 saturated heterocycles. The summed E-state index contributed by atoms with van der Waals surface area (Å²) in [4.78, 5) is 27.1. The predicted octanol–water partition coefficient (Wildman–Crippen LogP) is 5.05. The monoisotopic (exact) mass is 497 g/mol. The minimum atomic E-state index is -0.00748. The Morgan fingerprint density at radius 3 is 2.46 bits per heavy atom. The third-order valence-corrected chi connectivity index (χ3v) is 6.46. The number of benzene rings is 3. The summed E-state index contributed by atoms with van der Waals surface area (Å²) in [5.41, 5.74) is 2.42. The van der Waals surface area contributed by atoms with Gasteiger partial charge in [-0.3, -0.25) is 4.79 Å². The summed E-state index contributed by atoms with van der Waals surface area (Å²) in [7, 11) is 1.65. The molecule has 4 aromatic rings. The standard InChI is InChI=1S/C29H31N5O3/c1-4-37-25-14-9-21-7-5-6-8-24(21)27(25)28(35)33-15-17-34(18-16-33)29-30-20(2)19-26(32-29)31-22-10-12-23(36-3)13-11-22/h5-14,19H,4,15-18H2,1-3H3,(H,30,31,32). The maximum absolute atomic E-state index is 13.7. The Bertz CT molecular complexity index is 1400. The third-order valence-electron chi connectivity index (χ3n) is 6.46. The van der Waals surface area contributed by atoms with E-state index < -0.39 is 0 Å². The number of hydrogen-bond donors (Lipinski definition) is 1. The van der Waals surface area contributed by atoms with Gasteiger partial charge >= 0.3 is 0 Å². The highest BCUT2D eigenvalue weighted by Crippen LogP contribution is 2.30. The Balaban J connectivity index is 1.31. The van der Waals surface area contributed by atoms with Gasteiger partial charge in [-0.05, 0) is 55.0 Å². The van der Waals surface area contributed by atoms with Gasteiger partial charge in [-0.25, -0.2) is 4.98 Å². The zero-order valence-electron chi connectivity index (χ0n) is 21.4. The van der Waals surface area contributed by atoms with Crippen LogP contribution in [0, 0.1) is 6.92 Å². The summed E-state index contributed by atoms with van der Waals surface area (Å²) in [6, 6.07) is 21.5. The largest absolute Gasteiger partial charge is 0.497 e. The highest BCUT2D eigenvalue weighted by molar-refractivity contribution is 6.09. The maximum Gasteiger partial charge on any atom is 0.258 e. The second-order valence-electron chi connectivity index (χ2n) is 8.92. The number of nitrogens with one attached hydrogen (secondary N) is 1. The molecular weight excluding hydrogens is 466 g/mol. The molecule has 0 unspecified atom stereocenters. The number of fused-ring (bicyclic) bond motifs is 1. The highest BCUT2D eigenvalue weighted by Gasteiger charge is 2.27. The molecule has 0 spiro atoms. The van der Waals surface area contributed by atoms with Crippen molar-refractivity contribution in [2.24, 2.45) is 0 Å². The topological polar surface area (TPSA) is 79.8 Å². The van der Waals surface area contributed by atoms with E-state index in [1.54, 1.807) is 7.11 Å². The number of piperazine rings is 1. The van der Waals surface area contributed by atoms with Crippen LogP contribution in [0.3, 0.4) is 0 Å². The highest BCUT2D eigenvalue weighted by atomic mass is 16.5. The first-order chi connectivity index (χ1) is 18.1. The lowest BCUT2D eigenvalue weighted by Crippen LogP contribution is -2.49. The van der Waals surface area contributed by atoms with Crippen LogP contribution in [-0.2, 0) is 0 Å². The van der Waals surface area contributed by atoms with Crippen molar-refractivity contribution in [2.45, 2.75) is 13.8 Å². The molecule has 190 valence electrons. The zero-order chi connectivity index (χ0) is 25.8. The lowest BCUT2D eigenvalue weighted by Gasteiger charge is -2.35. The number of amides is 1. The van der Waals surface area contributed by atoms with Gasteiger partial charge in [0.15, 0.2) is 0 Å². The van der Waals surface area contributed by atoms with Gasteiger partial charge < -0.3 is 24.6 Å². The minimum Gasteiger partial charge on any atom is -0.497 e. The molecule has 0 radical (unpaired) electrons. The van der Waals surface area contributed by atoms with Crippen molar-refractivity contribution in [1.82, 2.24) is 14.9 Å². The number of rotatable bonds is 7. The van der Waals surface area contributed by atoms with E-state index in [1.807, 2.05) is 85.5 Å². The second-order valence-corrected chi connectivity index (χ2v) is 8.92. The fourth-order valence-corrected chi connectivity index (χ4v) is 4.60. The summed E-state index contributed by atoms with van der Waals surface area (Å²) in [5, 5.41) is 5.29. The first kappa shape index (κ1) is 24.4. The molecular formula is C29H31N5O3. The normalized spacial score (nSPS) is 13.5. The number of methoxy groups -OCH3 is 1. The number of nitrogens with zero attached hydrogens (tertiary/aromatic N) is 4. The lowest BCUT2D eigenvalue weighted by atomic mass is 10.0. The molecule has 0 bridgehead atoms. The molecule has 8 nitrogen and oxygen atoms in total. The number of carbonyl (C=O) groups is 1. The van der Waals surface area contributed by atoms with Gasteiger partial charge in [0.1, 0.15) is 17.3 Å². The molecule has 5 rings (SSSR count). The molecule has 37 heavy (non-hydrogen) atoms. The molecule has 1 amide bonds.